The van der Waals surface area contributed by atoms with Gasteiger partial charge in [-0.2, -0.15) is 11.8 Å². The molecule has 1 unspecified atom stereocenters. The number of allylic oxidation sites excluding steroid dienone is 3. The van der Waals surface area contributed by atoms with Crippen LogP contribution >= 0.6 is 11.8 Å². The summed E-state index contributed by atoms with van der Waals surface area (Å²) in [6.07, 6.45) is 3.91. The largest absolute Gasteiger partial charge is 0.153 e. The van der Waals surface area contributed by atoms with Gasteiger partial charge >= 0.3 is 0 Å². The van der Waals surface area contributed by atoms with Crippen LogP contribution in [0.1, 0.15) is 33.6 Å². The molecule has 1 rings (SSSR count). The lowest BCUT2D eigenvalue weighted by atomic mass is 10.0. The normalized spacial score (nSPS) is 22.6. The van der Waals surface area contributed by atoms with Gasteiger partial charge in [-0.05, 0) is 39.1 Å². The first-order valence-electron chi connectivity index (χ1n) is 5.14. The summed E-state index contributed by atoms with van der Waals surface area (Å²) in [7, 11) is 0. The Morgan fingerprint density at radius 2 is 2.33 bits per heavy atom. The van der Waals surface area contributed by atoms with Gasteiger partial charge in [0.2, 0.25) is 0 Å². The molecular weight excluding hydrogens is 206 g/mol. The van der Waals surface area contributed by atoms with Crippen LogP contribution in [0, 0.1) is 0 Å². The fourth-order valence-corrected chi connectivity index (χ4v) is 2.97. The first kappa shape index (κ1) is 12.2. The van der Waals surface area contributed by atoms with Gasteiger partial charge in [0.05, 0.1) is 0 Å². The van der Waals surface area contributed by atoms with Crippen LogP contribution in [-0.4, -0.2) is 11.0 Å². The van der Waals surface area contributed by atoms with Crippen LogP contribution in [-0.2, 0) is 0 Å². The van der Waals surface area contributed by atoms with E-state index in [1.54, 1.807) is 0 Å². The number of rotatable bonds is 3. The van der Waals surface area contributed by atoms with Crippen LogP contribution in [0.25, 0.3) is 10.4 Å². The van der Waals surface area contributed by atoms with Crippen LogP contribution in [0.2, 0.25) is 0 Å². The van der Waals surface area contributed by atoms with Crippen molar-refractivity contribution in [2.45, 2.75) is 38.9 Å². The van der Waals surface area contributed by atoms with E-state index in [1.165, 1.54) is 11.1 Å². The Bertz CT molecular complexity index is 338. The topological polar surface area (TPSA) is 48.8 Å². The molecule has 0 aromatic rings. The zero-order chi connectivity index (χ0) is 11.3. The van der Waals surface area contributed by atoms with E-state index in [0.29, 0.717) is 5.25 Å². The maximum absolute atomic E-state index is 8.39. The van der Waals surface area contributed by atoms with E-state index in [2.05, 4.69) is 23.9 Å². The number of azide groups is 1. The minimum absolute atomic E-state index is 0.574. The molecule has 4 heteroatoms. The van der Waals surface area contributed by atoms with Gasteiger partial charge in [0, 0.05) is 21.6 Å². The molecule has 0 saturated heterocycles. The van der Waals surface area contributed by atoms with Crippen molar-refractivity contribution in [3.8, 4) is 0 Å². The summed E-state index contributed by atoms with van der Waals surface area (Å²) in [4.78, 5) is 2.84. The lowest BCUT2D eigenvalue weighted by molar-refractivity contribution is 0.796. The zero-order valence-electron chi connectivity index (χ0n) is 9.53. The second-order valence-corrected chi connectivity index (χ2v) is 5.16. The van der Waals surface area contributed by atoms with Gasteiger partial charge in [-0.1, -0.05) is 22.3 Å². The van der Waals surface area contributed by atoms with E-state index in [1.807, 2.05) is 24.8 Å². The van der Waals surface area contributed by atoms with E-state index in [-0.39, 0.29) is 0 Å². The molecule has 0 bridgehead atoms. The molecular formula is C11H17N3S. The van der Waals surface area contributed by atoms with Gasteiger partial charge < -0.3 is 0 Å². The Hall–Kier alpha value is -0.860. The summed E-state index contributed by atoms with van der Waals surface area (Å²) in [6, 6.07) is 0. The van der Waals surface area contributed by atoms with Gasteiger partial charge in [-0.25, -0.2) is 0 Å². The number of nitrogens with zero attached hydrogens (tertiary/aromatic N) is 3. The lowest BCUT2D eigenvalue weighted by Gasteiger charge is -2.23. The highest BCUT2D eigenvalue weighted by molar-refractivity contribution is 8.00. The van der Waals surface area contributed by atoms with Crippen molar-refractivity contribution in [2.75, 3.05) is 5.75 Å². The first-order chi connectivity index (χ1) is 7.17. The minimum Gasteiger partial charge on any atom is -0.153 e. The predicted molar refractivity (Wildman–Crippen MR) is 66.8 cm³/mol. The van der Waals surface area contributed by atoms with Crippen molar-refractivity contribution in [2.24, 2.45) is 5.11 Å². The van der Waals surface area contributed by atoms with Crippen LogP contribution in [0.15, 0.2) is 28.0 Å². The minimum atomic E-state index is 0.574. The van der Waals surface area contributed by atoms with Crippen molar-refractivity contribution < 1.29 is 0 Å². The molecule has 0 N–H and O–H groups in total. The van der Waals surface area contributed by atoms with Gasteiger partial charge in [0.25, 0.3) is 0 Å². The Morgan fingerprint density at radius 3 is 2.87 bits per heavy atom. The smallest absolute Gasteiger partial charge is 0.0146 e. The molecule has 0 saturated carbocycles. The van der Waals surface area contributed by atoms with E-state index < -0.39 is 0 Å². The van der Waals surface area contributed by atoms with Crippen LogP contribution < -0.4 is 0 Å². The SMILES string of the molecule is C/C=C(\CC1CC(C)=C(C)CS1)N=[N+]=[N-]. The van der Waals surface area contributed by atoms with Crippen LogP contribution in [0.5, 0.6) is 0 Å². The Balaban J connectivity index is 2.58. The van der Waals surface area contributed by atoms with Crippen molar-refractivity contribution >= 4 is 11.8 Å². The van der Waals surface area contributed by atoms with Crippen molar-refractivity contribution in [1.82, 2.24) is 0 Å². The number of hydrogen-bond acceptors (Lipinski definition) is 2. The third-order valence-electron chi connectivity index (χ3n) is 2.74. The van der Waals surface area contributed by atoms with E-state index >= 15 is 0 Å². The second-order valence-electron chi connectivity index (χ2n) is 3.87. The van der Waals surface area contributed by atoms with Crippen LogP contribution in [0.4, 0.5) is 0 Å². The molecule has 82 valence electrons. The molecule has 0 aromatic heterocycles. The molecule has 0 aromatic carbocycles. The van der Waals surface area contributed by atoms with Gasteiger partial charge in [-0.3, -0.25) is 0 Å². The Kier molecular flexibility index (Phi) is 4.79. The van der Waals surface area contributed by atoms with Crippen molar-refractivity contribution in [3.05, 3.63) is 33.4 Å². The number of hydrogen-bond donors (Lipinski definition) is 0. The molecule has 0 radical (unpaired) electrons. The maximum Gasteiger partial charge on any atom is 0.0146 e. The summed E-state index contributed by atoms with van der Waals surface area (Å²) in [6.45, 7) is 6.32. The molecule has 1 aliphatic rings. The van der Waals surface area contributed by atoms with E-state index in [9.17, 15) is 0 Å². The highest BCUT2D eigenvalue weighted by Gasteiger charge is 2.17. The fraction of sp³-hybridized carbons (Fsp3) is 0.636. The molecule has 0 fully saturated rings. The number of thioether (sulfide) groups is 1. The van der Waals surface area contributed by atoms with E-state index in [0.717, 1.165) is 24.3 Å². The summed E-state index contributed by atoms with van der Waals surface area (Å²) < 4.78 is 0. The molecule has 0 aliphatic carbocycles. The third kappa shape index (κ3) is 3.65. The molecule has 1 aliphatic heterocycles. The average Bonchev–Trinajstić information content (AvgIpc) is 2.23. The molecule has 1 atom stereocenters. The maximum atomic E-state index is 8.39. The van der Waals surface area contributed by atoms with Crippen molar-refractivity contribution in [1.29, 1.82) is 0 Å². The van der Waals surface area contributed by atoms with Gasteiger partial charge in [0.1, 0.15) is 0 Å². The zero-order valence-corrected chi connectivity index (χ0v) is 10.3. The van der Waals surface area contributed by atoms with Gasteiger partial charge in [-0.15, -0.1) is 0 Å². The highest BCUT2D eigenvalue weighted by Crippen LogP contribution is 2.33. The molecule has 0 amide bonds. The lowest BCUT2D eigenvalue weighted by Crippen LogP contribution is -2.11. The quantitative estimate of drug-likeness (QED) is 0.302. The third-order valence-corrected chi connectivity index (χ3v) is 4.15. The molecule has 3 nitrogen and oxygen atoms in total. The Morgan fingerprint density at radius 1 is 1.60 bits per heavy atom. The van der Waals surface area contributed by atoms with E-state index in [4.69, 9.17) is 5.53 Å². The Labute approximate surface area is 95.3 Å². The molecule has 1 heterocycles. The molecule has 0 spiro atoms. The molecule has 15 heavy (non-hydrogen) atoms. The standard InChI is InChI=1S/C11H17N3S/c1-4-10(13-14-12)6-11-5-8(2)9(3)7-15-11/h4,11H,5-7H2,1-3H3/b10-4+. The fourth-order valence-electron chi connectivity index (χ4n) is 1.58. The highest BCUT2D eigenvalue weighted by atomic mass is 32.2. The summed E-state index contributed by atoms with van der Waals surface area (Å²) in [5.41, 5.74) is 12.3. The summed E-state index contributed by atoms with van der Waals surface area (Å²) >= 11 is 1.96. The summed E-state index contributed by atoms with van der Waals surface area (Å²) in [5, 5.41) is 4.27. The van der Waals surface area contributed by atoms with Crippen LogP contribution in [0.3, 0.4) is 0 Å². The van der Waals surface area contributed by atoms with Gasteiger partial charge in [0.15, 0.2) is 0 Å². The monoisotopic (exact) mass is 223 g/mol. The first-order valence-corrected chi connectivity index (χ1v) is 6.19. The predicted octanol–water partition coefficient (Wildman–Crippen LogP) is 4.43. The summed E-state index contributed by atoms with van der Waals surface area (Å²) in [5.74, 6) is 1.11. The second kappa shape index (κ2) is 5.89. The van der Waals surface area contributed by atoms with Crippen molar-refractivity contribution in [3.63, 3.8) is 0 Å². The average molecular weight is 223 g/mol.